The average Bonchev–Trinajstić information content (AvgIpc) is 3.92. The van der Waals surface area contributed by atoms with Gasteiger partial charge in [-0.15, -0.1) is 0 Å². The Morgan fingerprint density at radius 3 is 1.69 bits per heavy atom. The Labute approximate surface area is 334 Å². The molecule has 58 heavy (non-hydrogen) atoms. The molecular formula is C55H33N3. The topological polar surface area (TPSA) is 22.8 Å². The van der Waals surface area contributed by atoms with Gasteiger partial charge in [-0.25, -0.2) is 4.98 Å². The van der Waals surface area contributed by atoms with Crippen LogP contribution in [-0.2, 0) is 0 Å². The summed E-state index contributed by atoms with van der Waals surface area (Å²) in [5.41, 5.74) is 17.8. The lowest BCUT2D eigenvalue weighted by atomic mass is 9.98. The van der Waals surface area contributed by atoms with Crippen molar-refractivity contribution in [3.8, 4) is 56.0 Å². The van der Waals surface area contributed by atoms with Gasteiger partial charge in [0.15, 0.2) is 0 Å². The minimum atomic E-state index is 0.994. The summed E-state index contributed by atoms with van der Waals surface area (Å²) in [4.78, 5) is 5.18. The van der Waals surface area contributed by atoms with Crippen molar-refractivity contribution in [3.05, 3.63) is 200 Å². The predicted octanol–water partition coefficient (Wildman–Crippen LogP) is 14.6. The molecule has 13 rings (SSSR count). The molecule has 0 amide bonds. The molecule has 0 N–H and O–H groups in total. The molecule has 1 aliphatic rings. The molecule has 3 heterocycles. The van der Waals surface area contributed by atoms with Crippen molar-refractivity contribution >= 4 is 65.3 Å². The molecule has 3 heteroatoms. The minimum Gasteiger partial charge on any atom is -0.309 e. The Morgan fingerprint density at radius 1 is 0.310 bits per heavy atom. The van der Waals surface area contributed by atoms with Gasteiger partial charge in [0.25, 0.3) is 0 Å². The van der Waals surface area contributed by atoms with Crippen LogP contribution in [0.15, 0.2) is 200 Å². The third-order valence-corrected chi connectivity index (χ3v) is 12.4. The molecule has 3 aromatic heterocycles. The van der Waals surface area contributed by atoms with Gasteiger partial charge in [-0.05, 0) is 123 Å². The van der Waals surface area contributed by atoms with Crippen molar-refractivity contribution < 1.29 is 0 Å². The van der Waals surface area contributed by atoms with Crippen molar-refractivity contribution in [1.82, 2.24) is 14.1 Å². The molecule has 0 fully saturated rings. The molecule has 12 aromatic rings. The molecule has 268 valence electrons. The van der Waals surface area contributed by atoms with Crippen LogP contribution in [0.5, 0.6) is 0 Å². The summed E-state index contributed by atoms with van der Waals surface area (Å²) in [6.45, 7) is 0. The van der Waals surface area contributed by atoms with E-state index in [0.29, 0.717) is 0 Å². The number of benzene rings is 9. The van der Waals surface area contributed by atoms with Crippen molar-refractivity contribution in [2.45, 2.75) is 0 Å². The van der Waals surface area contributed by atoms with Gasteiger partial charge >= 0.3 is 0 Å². The van der Waals surface area contributed by atoms with E-state index < -0.39 is 0 Å². The highest BCUT2D eigenvalue weighted by molar-refractivity contribution is 6.16. The van der Waals surface area contributed by atoms with E-state index in [-0.39, 0.29) is 0 Å². The van der Waals surface area contributed by atoms with E-state index in [1.807, 2.05) is 0 Å². The Kier molecular flexibility index (Phi) is 6.44. The molecule has 3 nitrogen and oxygen atoms in total. The van der Waals surface area contributed by atoms with Crippen LogP contribution in [-0.4, -0.2) is 14.1 Å². The van der Waals surface area contributed by atoms with Gasteiger partial charge in [-0.2, -0.15) is 0 Å². The first-order chi connectivity index (χ1) is 28.7. The Balaban J connectivity index is 0.915. The smallest absolute Gasteiger partial charge is 0.0722 e. The molecule has 0 atom stereocenters. The maximum absolute atomic E-state index is 5.18. The molecule has 1 aliphatic carbocycles. The maximum atomic E-state index is 5.18. The van der Waals surface area contributed by atoms with Crippen molar-refractivity contribution in [2.24, 2.45) is 0 Å². The van der Waals surface area contributed by atoms with Crippen LogP contribution < -0.4 is 0 Å². The zero-order valence-electron chi connectivity index (χ0n) is 31.4. The van der Waals surface area contributed by atoms with Crippen molar-refractivity contribution in [2.75, 3.05) is 0 Å². The fraction of sp³-hybridized carbons (Fsp3) is 0. The highest BCUT2D eigenvalue weighted by Crippen LogP contribution is 2.48. The number of nitrogens with zero attached hydrogens (tertiary/aromatic N) is 3. The second-order valence-corrected chi connectivity index (χ2v) is 15.6. The van der Waals surface area contributed by atoms with E-state index in [9.17, 15) is 0 Å². The van der Waals surface area contributed by atoms with Gasteiger partial charge < -0.3 is 9.13 Å². The normalized spacial score (nSPS) is 12.1. The summed E-state index contributed by atoms with van der Waals surface area (Å²) >= 11 is 0. The van der Waals surface area contributed by atoms with E-state index in [1.165, 1.54) is 98.8 Å². The van der Waals surface area contributed by atoms with E-state index >= 15 is 0 Å². The monoisotopic (exact) mass is 735 g/mol. The Hall–Kier alpha value is -7.75. The zero-order valence-corrected chi connectivity index (χ0v) is 31.4. The summed E-state index contributed by atoms with van der Waals surface area (Å²) in [6.07, 6.45) is 0. The van der Waals surface area contributed by atoms with Gasteiger partial charge in [-0.3, -0.25) is 0 Å². The molecule has 0 bridgehead atoms. The lowest BCUT2D eigenvalue weighted by Gasteiger charge is -2.11. The lowest BCUT2D eigenvalue weighted by Crippen LogP contribution is -1.94. The predicted molar refractivity (Wildman–Crippen MR) is 243 cm³/mol. The number of pyridine rings is 1. The van der Waals surface area contributed by atoms with E-state index in [0.717, 1.165) is 22.5 Å². The molecule has 0 aliphatic heterocycles. The van der Waals surface area contributed by atoms with Crippen LogP contribution in [0.4, 0.5) is 0 Å². The fourth-order valence-electron chi connectivity index (χ4n) is 9.78. The highest BCUT2D eigenvalue weighted by Gasteiger charge is 2.23. The van der Waals surface area contributed by atoms with Gasteiger partial charge in [0.05, 0.1) is 33.3 Å². The third-order valence-electron chi connectivity index (χ3n) is 12.4. The summed E-state index contributed by atoms with van der Waals surface area (Å²) in [5.74, 6) is 0. The highest BCUT2D eigenvalue weighted by atomic mass is 15.0. The van der Waals surface area contributed by atoms with Gasteiger partial charge in [0, 0.05) is 43.9 Å². The lowest BCUT2D eigenvalue weighted by molar-refractivity contribution is 1.18. The summed E-state index contributed by atoms with van der Waals surface area (Å²) < 4.78 is 4.78. The van der Waals surface area contributed by atoms with Crippen LogP contribution in [0.2, 0.25) is 0 Å². The minimum absolute atomic E-state index is 0.994. The molecule has 0 radical (unpaired) electrons. The number of fused-ring (bicyclic) bond motifs is 10. The SMILES string of the molecule is c1ccc(-n2c3ccccc3c3cc(-c4ccc5cc6c(cc5c4)c4ccccc4n6-c4ccc(-c5cc6c7c(cccc7n5)-c5ccccc5-6)cc4)ccc32)cc1. The first-order valence-electron chi connectivity index (χ1n) is 20.0. The van der Waals surface area contributed by atoms with Crippen LogP contribution in [0, 0.1) is 0 Å². The molecule has 9 aromatic carbocycles. The van der Waals surface area contributed by atoms with Crippen molar-refractivity contribution in [3.63, 3.8) is 0 Å². The number of hydrogen-bond donors (Lipinski definition) is 0. The quantitative estimate of drug-likeness (QED) is 0.176. The molecule has 0 saturated heterocycles. The van der Waals surface area contributed by atoms with E-state index in [1.54, 1.807) is 0 Å². The Morgan fingerprint density at radius 2 is 0.897 bits per heavy atom. The van der Waals surface area contributed by atoms with Crippen LogP contribution in [0.3, 0.4) is 0 Å². The number of aromatic nitrogens is 3. The number of hydrogen-bond acceptors (Lipinski definition) is 1. The standard InChI is InChI=1S/C55H33N3/c1-2-11-39(12-3-1)57-51-19-8-6-15-43(51)46-30-36(25-28-53(46)57)35-21-22-37-32-54-47(31-38(37)29-35)44-16-7-9-20-52(44)58(54)40-26-23-34(24-27-40)50-33-48-42-14-5-4-13-41(42)45-17-10-18-49(56-50)55(45)48/h1-33H. The van der Waals surface area contributed by atoms with E-state index in [2.05, 4.69) is 209 Å². The molecule has 0 spiro atoms. The maximum Gasteiger partial charge on any atom is 0.0722 e. The molecule has 0 unspecified atom stereocenters. The van der Waals surface area contributed by atoms with Crippen LogP contribution in [0.1, 0.15) is 0 Å². The Bertz CT molecular complexity index is 3660. The largest absolute Gasteiger partial charge is 0.309 e. The van der Waals surface area contributed by atoms with Crippen LogP contribution in [0.25, 0.3) is 121 Å². The third kappa shape index (κ3) is 4.47. The number of rotatable bonds is 4. The van der Waals surface area contributed by atoms with Gasteiger partial charge in [0.2, 0.25) is 0 Å². The zero-order chi connectivity index (χ0) is 37.9. The van der Waals surface area contributed by atoms with Gasteiger partial charge in [-0.1, -0.05) is 121 Å². The van der Waals surface area contributed by atoms with Crippen LogP contribution >= 0.6 is 0 Å². The first kappa shape index (κ1) is 31.5. The van der Waals surface area contributed by atoms with Crippen molar-refractivity contribution in [1.29, 1.82) is 0 Å². The number of para-hydroxylation sites is 3. The summed E-state index contributed by atoms with van der Waals surface area (Å²) in [7, 11) is 0. The molecule has 0 saturated carbocycles. The summed E-state index contributed by atoms with van der Waals surface area (Å²) in [6, 6.07) is 73.2. The summed E-state index contributed by atoms with van der Waals surface area (Å²) in [5, 5.41) is 8.72. The second-order valence-electron chi connectivity index (χ2n) is 15.6. The van der Waals surface area contributed by atoms with E-state index in [4.69, 9.17) is 4.98 Å². The van der Waals surface area contributed by atoms with Gasteiger partial charge in [0.1, 0.15) is 0 Å². The average molecular weight is 736 g/mol. The first-order valence-corrected chi connectivity index (χ1v) is 20.0. The molecular weight excluding hydrogens is 703 g/mol. The fourth-order valence-corrected chi connectivity index (χ4v) is 9.78. The second kappa shape index (κ2) is 11.9.